The largest absolute Gasteiger partial charge is 0.457 e. The molecule has 0 bridgehead atoms. The van der Waals surface area contributed by atoms with E-state index >= 15 is 0 Å². The van der Waals surface area contributed by atoms with Crippen molar-refractivity contribution in [1.29, 1.82) is 0 Å². The van der Waals surface area contributed by atoms with Gasteiger partial charge in [0.05, 0.1) is 0 Å². The maximum absolute atomic E-state index is 14.1. The minimum atomic E-state index is -0.247. The van der Waals surface area contributed by atoms with Crippen molar-refractivity contribution in [3.63, 3.8) is 0 Å². The lowest BCUT2D eigenvalue weighted by Crippen LogP contribution is -2.19. The molecule has 2 nitrogen and oxygen atoms in total. The Balaban J connectivity index is 2.31. The maximum Gasteiger partial charge on any atom is 0.135 e. The molecule has 0 fully saturated rings. The molecule has 0 amide bonds. The summed E-state index contributed by atoms with van der Waals surface area (Å²) in [6.45, 7) is 6.73. The number of hydrogen-bond donors (Lipinski definition) is 1. The molecule has 2 aromatic carbocycles. The zero-order valence-corrected chi connectivity index (χ0v) is 12.1. The Hall–Kier alpha value is -1.87. The Labute approximate surface area is 119 Å². The zero-order chi connectivity index (χ0) is 14.5. The second-order valence-electron chi connectivity index (χ2n) is 4.85. The Kier molecular flexibility index (Phi) is 4.74. The van der Waals surface area contributed by atoms with Gasteiger partial charge in [-0.2, -0.15) is 0 Å². The van der Waals surface area contributed by atoms with Crippen molar-refractivity contribution in [2.75, 3.05) is 6.54 Å². The van der Waals surface area contributed by atoms with Crippen LogP contribution in [0.5, 0.6) is 11.5 Å². The third-order valence-electron chi connectivity index (χ3n) is 3.21. The summed E-state index contributed by atoms with van der Waals surface area (Å²) in [6, 6.07) is 12.6. The van der Waals surface area contributed by atoms with Gasteiger partial charge in [0.15, 0.2) is 0 Å². The zero-order valence-electron chi connectivity index (χ0n) is 12.1. The number of benzene rings is 2. The lowest BCUT2D eigenvalue weighted by atomic mass is 10.1. The van der Waals surface area contributed by atoms with Gasteiger partial charge in [-0.3, -0.25) is 0 Å². The molecule has 2 rings (SSSR count). The number of nitrogens with one attached hydrogen (secondary N) is 1. The molecule has 1 N–H and O–H groups in total. The van der Waals surface area contributed by atoms with E-state index in [2.05, 4.69) is 5.32 Å². The van der Waals surface area contributed by atoms with Gasteiger partial charge in [0.1, 0.15) is 17.3 Å². The number of hydrogen-bond acceptors (Lipinski definition) is 2. The highest BCUT2D eigenvalue weighted by molar-refractivity contribution is 5.41. The van der Waals surface area contributed by atoms with Crippen molar-refractivity contribution in [3.8, 4) is 11.5 Å². The van der Waals surface area contributed by atoms with Gasteiger partial charge in [-0.25, -0.2) is 4.39 Å². The third-order valence-corrected chi connectivity index (χ3v) is 3.21. The van der Waals surface area contributed by atoms with Crippen molar-refractivity contribution in [1.82, 2.24) is 5.32 Å². The van der Waals surface area contributed by atoms with Crippen molar-refractivity contribution >= 4 is 0 Å². The van der Waals surface area contributed by atoms with Gasteiger partial charge in [-0.15, -0.1) is 0 Å². The second kappa shape index (κ2) is 6.53. The van der Waals surface area contributed by atoms with Crippen LogP contribution < -0.4 is 10.1 Å². The van der Waals surface area contributed by atoms with Crippen LogP contribution in [0.25, 0.3) is 0 Å². The van der Waals surface area contributed by atoms with Crippen LogP contribution in [0, 0.1) is 12.7 Å². The number of ether oxygens (including phenoxy) is 1. The molecule has 20 heavy (non-hydrogen) atoms. The van der Waals surface area contributed by atoms with Crippen LogP contribution in [-0.4, -0.2) is 6.54 Å². The van der Waals surface area contributed by atoms with E-state index in [4.69, 9.17) is 4.74 Å². The number of aryl methyl sites for hydroxylation is 1. The molecule has 1 atom stereocenters. The molecule has 0 aliphatic carbocycles. The van der Waals surface area contributed by atoms with Gasteiger partial charge in [-0.1, -0.05) is 30.7 Å². The molecular weight excluding hydrogens is 253 g/mol. The van der Waals surface area contributed by atoms with E-state index < -0.39 is 0 Å². The van der Waals surface area contributed by atoms with E-state index in [1.165, 1.54) is 6.07 Å². The number of rotatable bonds is 5. The van der Waals surface area contributed by atoms with Gasteiger partial charge in [0, 0.05) is 11.6 Å². The second-order valence-corrected chi connectivity index (χ2v) is 4.85. The molecule has 0 saturated heterocycles. The number of halogens is 1. The normalized spacial score (nSPS) is 12.2. The van der Waals surface area contributed by atoms with Gasteiger partial charge in [-0.05, 0) is 44.7 Å². The Bertz CT molecular complexity index is 566. The average Bonchev–Trinajstić information content (AvgIpc) is 2.42. The Morgan fingerprint density at radius 1 is 1.15 bits per heavy atom. The van der Waals surface area contributed by atoms with Crippen LogP contribution in [0.3, 0.4) is 0 Å². The van der Waals surface area contributed by atoms with E-state index in [0.29, 0.717) is 17.1 Å². The summed E-state index contributed by atoms with van der Waals surface area (Å²) >= 11 is 0. The van der Waals surface area contributed by atoms with E-state index in [9.17, 15) is 4.39 Å². The Morgan fingerprint density at radius 2 is 1.85 bits per heavy atom. The van der Waals surface area contributed by atoms with E-state index in [1.54, 1.807) is 12.1 Å². The van der Waals surface area contributed by atoms with Crippen molar-refractivity contribution < 1.29 is 9.13 Å². The fraction of sp³-hybridized carbons (Fsp3) is 0.294. The summed E-state index contributed by atoms with van der Waals surface area (Å²) in [5.41, 5.74) is 1.73. The predicted molar refractivity (Wildman–Crippen MR) is 79.7 cm³/mol. The SMILES string of the molecule is CCNC(C)c1c(F)cccc1Oc1ccc(C)cc1. The minimum absolute atomic E-state index is 0.0957. The van der Waals surface area contributed by atoms with Crippen LogP contribution in [0.2, 0.25) is 0 Å². The summed E-state index contributed by atoms with van der Waals surface area (Å²) in [6.07, 6.45) is 0. The van der Waals surface area contributed by atoms with Crippen molar-refractivity contribution in [3.05, 3.63) is 59.4 Å². The molecule has 106 valence electrons. The highest BCUT2D eigenvalue weighted by Gasteiger charge is 2.16. The first-order valence-corrected chi connectivity index (χ1v) is 6.88. The van der Waals surface area contributed by atoms with Crippen LogP contribution in [0.1, 0.15) is 31.0 Å². The fourth-order valence-electron chi connectivity index (χ4n) is 2.17. The monoisotopic (exact) mass is 273 g/mol. The summed E-state index contributed by atoms with van der Waals surface area (Å²) in [4.78, 5) is 0. The summed E-state index contributed by atoms with van der Waals surface area (Å²) in [5, 5.41) is 3.22. The maximum atomic E-state index is 14.1. The molecule has 0 heterocycles. The molecule has 0 aliphatic rings. The van der Waals surface area contributed by atoms with Crippen molar-refractivity contribution in [2.24, 2.45) is 0 Å². The Morgan fingerprint density at radius 3 is 2.50 bits per heavy atom. The summed E-state index contributed by atoms with van der Waals surface area (Å²) < 4.78 is 19.9. The van der Waals surface area contributed by atoms with Gasteiger partial charge in [0.2, 0.25) is 0 Å². The summed E-state index contributed by atoms with van der Waals surface area (Å²) in [5.74, 6) is 1.02. The fourth-order valence-corrected chi connectivity index (χ4v) is 2.17. The molecule has 1 unspecified atom stereocenters. The highest BCUT2D eigenvalue weighted by atomic mass is 19.1. The van der Waals surface area contributed by atoms with Crippen LogP contribution in [0.15, 0.2) is 42.5 Å². The van der Waals surface area contributed by atoms with Gasteiger partial charge >= 0.3 is 0 Å². The smallest absolute Gasteiger partial charge is 0.135 e. The highest BCUT2D eigenvalue weighted by Crippen LogP contribution is 2.31. The standard InChI is InChI=1S/C17H20FNO/c1-4-19-13(3)17-15(18)6-5-7-16(17)20-14-10-8-12(2)9-11-14/h5-11,13,19H,4H2,1-3H3. The van der Waals surface area contributed by atoms with Gasteiger partial charge < -0.3 is 10.1 Å². The molecular formula is C17H20FNO. The van der Waals surface area contributed by atoms with E-state index in [1.807, 2.05) is 45.0 Å². The molecule has 0 saturated carbocycles. The molecule has 3 heteroatoms. The quantitative estimate of drug-likeness (QED) is 0.859. The topological polar surface area (TPSA) is 21.3 Å². The first kappa shape index (κ1) is 14.5. The van der Waals surface area contributed by atoms with Gasteiger partial charge in [0.25, 0.3) is 0 Å². The minimum Gasteiger partial charge on any atom is -0.457 e. The predicted octanol–water partition coefficient (Wildman–Crippen LogP) is 4.60. The van der Waals surface area contributed by atoms with Crippen LogP contribution >= 0.6 is 0 Å². The lowest BCUT2D eigenvalue weighted by Gasteiger charge is -2.18. The van der Waals surface area contributed by atoms with Crippen LogP contribution in [0.4, 0.5) is 4.39 Å². The third kappa shape index (κ3) is 3.36. The lowest BCUT2D eigenvalue weighted by molar-refractivity contribution is 0.448. The molecule has 0 spiro atoms. The van der Waals surface area contributed by atoms with E-state index in [-0.39, 0.29) is 11.9 Å². The van der Waals surface area contributed by atoms with Crippen molar-refractivity contribution in [2.45, 2.75) is 26.8 Å². The molecule has 2 aromatic rings. The summed E-state index contributed by atoms with van der Waals surface area (Å²) in [7, 11) is 0. The first-order chi connectivity index (χ1) is 9.61. The molecule has 0 aliphatic heterocycles. The van der Waals surface area contributed by atoms with E-state index in [0.717, 1.165) is 12.1 Å². The first-order valence-electron chi connectivity index (χ1n) is 6.88. The molecule has 0 aromatic heterocycles. The van der Waals surface area contributed by atoms with Crippen LogP contribution in [-0.2, 0) is 0 Å². The average molecular weight is 273 g/mol. The molecule has 0 radical (unpaired) electrons.